The second-order valence-corrected chi connectivity index (χ2v) is 8.67. The number of hydrogen-bond acceptors (Lipinski definition) is 6. The standard InChI is InChI=1S/C30H28N2O4S/c1-35-28-18-22(10-14-26(28)33)8-12-24-20-25(13-9-23-11-15-27(34)29(19-23)36-2)32(30(37)31-24)17-16-21-6-4-3-5-7-21/h3-15,18-20,33-34H,16-17H2,1-2H3/b12-8+,13-9+. The Morgan fingerprint density at radius 1 is 0.784 bits per heavy atom. The summed E-state index contributed by atoms with van der Waals surface area (Å²) in [6, 6.07) is 22.6. The van der Waals surface area contributed by atoms with Crippen molar-refractivity contribution in [3.05, 3.63) is 106 Å². The highest BCUT2D eigenvalue weighted by atomic mass is 32.1. The highest BCUT2D eigenvalue weighted by Gasteiger charge is 2.06. The van der Waals surface area contributed by atoms with E-state index < -0.39 is 0 Å². The molecule has 0 saturated heterocycles. The molecule has 0 bridgehead atoms. The minimum absolute atomic E-state index is 0.0862. The first kappa shape index (κ1) is 25.7. The van der Waals surface area contributed by atoms with Crippen LogP contribution in [0.2, 0.25) is 0 Å². The topological polar surface area (TPSA) is 76.7 Å². The van der Waals surface area contributed by atoms with E-state index in [1.165, 1.54) is 19.8 Å². The monoisotopic (exact) mass is 512 g/mol. The first-order chi connectivity index (χ1) is 18.0. The molecule has 0 fully saturated rings. The quantitative estimate of drug-likeness (QED) is 0.245. The van der Waals surface area contributed by atoms with Gasteiger partial charge in [0.05, 0.1) is 19.9 Å². The number of phenols is 2. The fourth-order valence-corrected chi connectivity index (χ4v) is 4.14. The Bertz CT molecular complexity index is 1490. The number of methoxy groups -OCH3 is 2. The van der Waals surface area contributed by atoms with Crippen LogP contribution in [0.5, 0.6) is 23.0 Å². The van der Waals surface area contributed by atoms with Crippen molar-refractivity contribution in [3.63, 3.8) is 0 Å². The van der Waals surface area contributed by atoms with Gasteiger partial charge in [0.25, 0.3) is 0 Å². The third-order valence-electron chi connectivity index (χ3n) is 5.83. The summed E-state index contributed by atoms with van der Waals surface area (Å²) in [5.74, 6) is 0.986. The molecule has 0 aliphatic carbocycles. The number of aromatic nitrogens is 2. The van der Waals surface area contributed by atoms with Crippen LogP contribution in [0.4, 0.5) is 0 Å². The van der Waals surface area contributed by atoms with Crippen molar-refractivity contribution in [2.75, 3.05) is 14.2 Å². The summed E-state index contributed by atoms with van der Waals surface area (Å²) in [6.07, 6.45) is 8.52. The van der Waals surface area contributed by atoms with Crippen LogP contribution in [-0.2, 0) is 13.0 Å². The largest absolute Gasteiger partial charge is 0.504 e. The van der Waals surface area contributed by atoms with Gasteiger partial charge in [-0.3, -0.25) is 0 Å². The Morgan fingerprint density at radius 3 is 1.97 bits per heavy atom. The zero-order valence-corrected chi connectivity index (χ0v) is 21.5. The van der Waals surface area contributed by atoms with Crippen LogP contribution in [0.1, 0.15) is 28.1 Å². The lowest BCUT2D eigenvalue weighted by molar-refractivity contribution is 0.373. The minimum Gasteiger partial charge on any atom is -0.504 e. The van der Waals surface area contributed by atoms with Crippen molar-refractivity contribution >= 4 is 36.5 Å². The van der Waals surface area contributed by atoms with E-state index in [2.05, 4.69) is 17.1 Å². The number of benzene rings is 3. The van der Waals surface area contributed by atoms with E-state index in [1.807, 2.05) is 59.2 Å². The van der Waals surface area contributed by atoms with Gasteiger partial charge in [-0.25, -0.2) is 4.98 Å². The van der Waals surface area contributed by atoms with Gasteiger partial charge in [0.2, 0.25) is 0 Å². The van der Waals surface area contributed by atoms with Gasteiger partial charge in [0.15, 0.2) is 27.8 Å². The lowest BCUT2D eigenvalue weighted by Crippen LogP contribution is -2.09. The van der Waals surface area contributed by atoms with Crippen LogP contribution in [0, 0.1) is 4.77 Å². The second kappa shape index (κ2) is 12.1. The smallest absolute Gasteiger partial charge is 0.200 e. The van der Waals surface area contributed by atoms with Gasteiger partial charge in [0, 0.05) is 12.2 Å². The molecule has 2 N–H and O–H groups in total. The third-order valence-corrected chi connectivity index (χ3v) is 6.14. The van der Waals surface area contributed by atoms with E-state index in [0.29, 0.717) is 28.5 Å². The van der Waals surface area contributed by atoms with Crippen molar-refractivity contribution in [2.45, 2.75) is 13.0 Å². The summed E-state index contributed by atoms with van der Waals surface area (Å²) in [6.45, 7) is 0.674. The molecule has 3 aromatic carbocycles. The van der Waals surface area contributed by atoms with Crippen LogP contribution < -0.4 is 9.47 Å². The molecular formula is C30H28N2O4S. The molecule has 0 radical (unpaired) electrons. The van der Waals surface area contributed by atoms with Crippen molar-refractivity contribution in [3.8, 4) is 23.0 Å². The molecule has 4 rings (SSSR count). The normalized spacial score (nSPS) is 11.3. The second-order valence-electron chi connectivity index (χ2n) is 8.30. The van der Waals surface area contributed by atoms with E-state index in [0.717, 1.165) is 23.2 Å². The van der Waals surface area contributed by atoms with Crippen LogP contribution >= 0.6 is 12.2 Å². The van der Waals surface area contributed by atoms with Gasteiger partial charge in [-0.1, -0.05) is 54.6 Å². The highest BCUT2D eigenvalue weighted by molar-refractivity contribution is 7.71. The molecule has 188 valence electrons. The average Bonchev–Trinajstić information content (AvgIpc) is 2.92. The fraction of sp³-hybridized carbons (Fsp3) is 0.133. The molecule has 1 heterocycles. The molecule has 0 spiro atoms. The Labute approximate surface area is 221 Å². The predicted octanol–water partition coefficient (Wildman–Crippen LogP) is 6.62. The zero-order valence-electron chi connectivity index (χ0n) is 20.7. The number of hydrogen-bond donors (Lipinski definition) is 2. The number of aromatic hydroxyl groups is 2. The van der Waals surface area contributed by atoms with E-state index in [1.54, 1.807) is 30.3 Å². The summed E-state index contributed by atoms with van der Waals surface area (Å²) in [7, 11) is 3.04. The number of phenolic OH excluding ortho intramolecular Hbond substituents is 2. The summed E-state index contributed by atoms with van der Waals surface area (Å²) in [5.41, 5.74) is 4.55. The number of aryl methyl sites for hydroxylation is 1. The van der Waals surface area contributed by atoms with E-state index in [9.17, 15) is 10.2 Å². The molecule has 37 heavy (non-hydrogen) atoms. The minimum atomic E-state index is 0.0862. The van der Waals surface area contributed by atoms with Crippen LogP contribution in [0.25, 0.3) is 24.3 Å². The molecule has 0 atom stereocenters. The Hall–Kier alpha value is -4.36. The van der Waals surface area contributed by atoms with Gasteiger partial charge in [-0.15, -0.1) is 0 Å². The highest BCUT2D eigenvalue weighted by Crippen LogP contribution is 2.28. The molecule has 4 aromatic rings. The lowest BCUT2D eigenvalue weighted by atomic mass is 10.1. The first-order valence-corrected chi connectivity index (χ1v) is 12.1. The van der Waals surface area contributed by atoms with Gasteiger partial charge in [-0.2, -0.15) is 0 Å². The fourth-order valence-electron chi connectivity index (χ4n) is 3.84. The van der Waals surface area contributed by atoms with Gasteiger partial charge in [-0.05, 0) is 77.8 Å². The maximum absolute atomic E-state index is 9.91. The maximum Gasteiger partial charge on any atom is 0.200 e. The van der Waals surface area contributed by atoms with Crippen LogP contribution in [0.15, 0.2) is 72.8 Å². The molecule has 1 aromatic heterocycles. The van der Waals surface area contributed by atoms with Crippen molar-refractivity contribution in [1.82, 2.24) is 9.55 Å². The van der Waals surface area contributed by atoms with Gasteiger partial charge >= 0.3 is 0 Å². The van der Waals surface area contributed by atoms with E-state index >= 15 is 0 Å². The van der Waals surface area contributed by atoms with Gasteiger partial charge in [0.1, 0.15) is 0 Å². The average molecular weight is 513 g/mol. The van der Waals surface area contributed by atoms with Gasteiger partial charge < -0.3 is 24.3 Å². The first-order valence-electron chi connectivity index (χ1n) is 11.7. The van der Waals surface area contributed by atoms with E-state index in [4.69, 9.17) is 21.7 Å². The number of ether oxygens (including phenoxy) is 2. The van der Waals surface area contributed by atoms with Crippen LogP contribution in [-0.4, -0.2) is 34.0 Å². The summed E-state index contributed by atoms with van der Waals surface area (Å²) in [5, 5.41) is 19.8. The van der Waals surface area contributed by atoms with Crippen molar-refractivity contribution < 1.29 is 19.7 Å². The molecular weight excluding hydrogens is 484 g/mol. The maximum atomic E-state index is 9.91. The number of nitrogens with zero attached hydrogens (tertiary/aromatic N) is 2. The molecule has 0 saturated carbocycles. The Kier molecular flexibility index (Phi) is 8.38. The molecule has 0 amide bonds. The molecule has 0 aliphatic rings. The molecule has 0 unspecified atom stereocenters. The number of rotatable bonds is 9. The van der Waals surface area contributed by atoms with Crippen molar-refractivity contribution in [1.29, 1.82) is 0 Å². The molecule has 7 heteroatoms. The summed E-state index contributed by atoms with van der Waals surface area (Å²) < 4.78 is 12.9. The lowest BCUT2D eigenvalue weighted by Gasteiger charge is -2.12. The molecule has 0 aliphatic heterocycles. The zero-order chi connectivity index (χ0) is 26.2. The van der Waals surface area contributed by atoms with E-state index in [-0.39, 0.29) is 11.5 Å². The Balaban J connectivity index is 1.68. The third kappa shape index (κ3) is 6.65. The molecule has 6 nitrogen and oxygen atoms in total. The van der Waals surface area contributed by atoms with Crippen LogP contribution in [0.3, 0.4) is 0 Å². The Morgan fingerprint density at radius 2 is 1.38 bits per heavy atom. The summed E-state index contributed by atoms with van der Waals surface area (Å²) >= 11 is 5.70. The summed E-state index contributed by atoms with van der Waals surface area (Å²) in [4.78, 5) is 4.64. The SMILES string of the molecule is COc1cc(/C=C/c2cc(/C=C/c3ccc(O)c(OC)c3)n(CCc3ccccc3)c(=S)n2)ccc1O. The van der Waals surface area contributed by atoms with Crippen molar-refractivity contribution in [2.24, 2.45) is 0 Å². The predicted molar refractivity (Wildman–Crippen MR) is 150 cm³/mol.